The van der Waals surface area contributed by atoms with Crippen LogP contribution in [0, 0.1) is 0 Å². The second-order valence-electron chi connectivity index (χ2n) is 5.15. The highest BCUT2D eigenvalue weighted by Crippen LogP contribution is 2.25. The van der Waals surface area contributed by atoms with Gasteiger partial charge >= 0.3 is 0 Å². The number of carbonyl (C=O) groups is 1. The fourth-order valence-corrected chi connectivity index (χ4v) is 2.56. The molecule has 0 saturated carbocycles. The van der Waals surface area contributed by atoms with Gasteiger partial charge in [0.2, 0.25) is 5.91 Å². The number of benzene rings is 1. The van der Waals surface area contributed by atoms with Crippen LogP contribution in [0.4, 0.5) is 0 Å². The standard InChI is InChI=1S/C16H20ClN3O2/c1-11(16(18)21)20(8-9-22-2)10-12-5-6-14(17)13-4-3-7-19-15(12)13/h3-7,11H,8-10H2,1-2H3,(H2,18,21). The Hall–Kier alpha value is -1.69. The van der Waals surface area contributed by atoms with E-state index in [4.69, 9.17) is 22.1 Å². The molecule has 1 aromatic heterocycles. The molecule has 0 aliphatic rings. The summed E-state index contributed by atoms with van der Waals surface area (Å²) in [5.41, 5.74) is 7.29. The lowest BCUT2D eigenvalue weighted by atomic mass is 10.1. The van der Waals surface area contributed by atoms with Crippen molar-refractivity contribution in [2.75, 3.05) is 20.3 Å². The first-order valence-electron chi connectivity index (χ1n) is 7.09. The van der Waals surface area contributed by atoms with Gasteiger partial charge in [0.05, 0.1) is 18.2 Å². The number of hydrogen-bond acceptors (Lipinski definition) is 4. The number of ether oxygens (including phenoxy) is 1. The number of carbonyl (C=O) groups excluding carboxylic acids is 1. The van der Waals surface area contributed by atoms with Gasteiger partial charge in [-0.15, -0.1) is 0 Å². The van der Waals surface area contributed by atoms with Crippen LogP contribution in [0.15, 0.2) is 30.5 Å². The van der Waals surface area contributed by atoms with Crippen molar-refractivity contribution in [3.05, 3.63) is 41.0 Å². The predicted octanol–water partition coefficient (Wildman–Crippen LogP) is 2.21. The zero-order valence-corrected chi connectivity index (χ0v) is 13.5. The lowest BCUT2D eigenvalue weighted by molar-refractivity contribution is -0.123. The Labute approximate surface area is 135 Å². The normalized spacial score (nSPS) is 12.7. The quantitative estimate of drug-likeness (QED) is 0.849. The average Bonchev–Trinajstić information content (AvgIpc) is 2.53. The largest absolute Gasteiger partial charge is 0.383 e. The van der Waals surface area contributed by atoms with Crippen molar-refractivity contribution in [1.29, 1.82) is 0 Å². The summed E-state index contributed by atoms with van der Waals surface area (Å²) in [6, 6.07) is 7.19. The van der Waals surface area contributed by atoms with Gasteiger partial charge in [-0.1, -0.05) is 17.7 Å². The summed E-state index contributed by atoms with van der Waals surface area (Å²) in [4.78, 5) is 17.9. The molecule has 0 aliphatic carbocycles. The van der Waals surface area contributed by atoms with Crippen LogP contribution in [0.25, 0.3) is 10.9 Å². The topological polar surface area (TPSA) is 68.4 Å². The minimum Gasteiger partial charge on any atom is -0.383 e. The molecule has 0 aliphatic heterocycles. The van der Waals surface area contributed by atoms with E-state index in [0.717, 1.165) is 16.5 Å². The molecule has 6 heteroatoms. The van der Waals surface area contributed by atoms with Crippen molar-refractivity contribution in [2.45, 2.75) is 19.5 Å². The zero-order valence-electron chi connectivity index (χ0n) is 12.8. The van der Waals surface area contributed by atoms with E-state index in [9.17, 15) is 4.79 Å². The number of methoxy groups -OCH3 is 1. The van der Waals surface area contributed by atoms with Gasteiger partial charge in [0.15, 0.2) is 0 Å². The van der Waals surface area contributed by atoms with Crippen molar-refractivity contribution in [3.63, 3.8) is 0 Å². The molecule has 118 valence electrons. The van der Waals surface area contributed by atoms with Crippen LogP contribution >= 0.6 is 11.6 Å². The second-order valence-corrected chi connectivity index (χ2v) is 5.55. The van der Waals surface area contributed by atoms with E-state index in [0.29, 0.717) is 24.7 Å². The van der Waals surface area contributed by atoms with Gasteiger partial charge in [-0.3, -0.25) is 14.7 Å². The summed E-state index contributed by atoms with van der Waals surface area (Å²) in [6.07, 6.45) is 1.74. The van der Waals surface area contributed by atoms with Crippen LogP contribution in [0.3, 0.4) is 0 Å². The molecule has 0 bridgehead atoms. The first-order valence-corrected chi connectivity index (χ1v) is 7.46. The minimum atomic E-state index is -0.385. The first kappa shape index (κ1) is 16.7. The molecule has 1 unspecified atom stereocenters. The highest BCUT2D eigenvalue weighted by atomic mass is 35.5. The molecule has 22 heavy (non-hydrogen) atoms. The highest BCUT2D eigenvalue weighted by molar-refractivity contribution is 6.35. The summed E-state index contributed by atoms with van der Waals surface area (Å²) in [5, 5.41) is 1.57. The highest BCUT2D eigenvalue weighted by Gasteiger charge is 2.20. The number of aromatic nitrogens is 1. The van der Waals surface area contributed by atoms with E-state index < -0.39 is 0 Å². The molecule has 1 atom stereocenters. The van der Waals surface area contributed by atoms with Gasteiger partial charge in [-0.25, -0.2) is 0 Å². The van der Waals surface area contributed by atoms with Crippen LogP contribution in [0.2, 0.25) is 5.02 Å². The Morgan fingerprint density at radius 1 is 1.45 bits per heavy atom. The van der Waals surface area contributed by atoms with Crippen molar-refractivity contribution in [3.8, 4) is 0 Å². The molecular formula is C16H20ClN3O2. The number of rotatable bonds is 7. The van der Waals surface area contributed by atoms with Crippen molar-refractivity contribution >= 4 is 28.4 Å². The third kappa shape index (κ3) is 3.74. The summed E-state index contributed by atoms with van der Waals surface area (Å²) in [7, 11) is 1.63. The lowest BCUT2D eigenvalue weighted by Crippen LogP contribution is -2.43. The number of hydrogen-bond donors (Lipinski definition) is 1. The number of nitrogens with zero attached hydrogens (tertiary/aromatic N) is 2. The molecule has 0 radical (unpaired) electrons. The van der Waals surface area contributed by atoms with Crippen LogP contribution < -0.4 is 5.73 Å². The predicted molar refractivity (Wildman–Crippen MR) is 87.7 cm³/mol. The van der Waals surface area contributed by atoms with E-state index >= 15 is 0 Å². The first-order chi connectivity index (χ1) is 10.5. The average molecular weight is 322 g/mol. The molecule has 2 rings (SSSR count). The van der Waals surface area contributed by atoms with Gasteiger partial charge in [0.1, 0.15) is 0 Å². The molecule has 2 aromatic rings. The molecular weight excluding hydrogens is 302 g/mol. The Bertz CT molecular complexity index is 663. The minimum absolute atomic E-state index is 0.359. The van der Waals surface area contributed by atoms with Crippen molar-refractivity contribution in [2.24, 2.45) is 5.73 Å². The van der Waals surface area contributed by atoms with E-state index in [1.165, 1.54) is 0 Å². The van der Waals surface area contributed by atoms with Gasteiger partial charge in [-0.05, 0) is 30.7 Å². The van der Waals surface area contributed by atoms with E-state index in [1.807, 2.05) is 29.2 Å². The smallest absolute Gasteiger partial charge is 0.234 e. The van der Waals surface area contributed by atoms with E-state index in [-0.39, 0.29) is 11.9 Å². The van der Waals surface area contributed by atoms with E-state index in [2.05, 4.69) is 4.98 Å². The molecule has 2 N–H and O–H groups in total. The molecule has 0 fully saturated rings. The number of fused-ring (bicyclic) bond motifs is 1. The molecule has 1 heterocycles. The maximum Gasteiger partial charge on any atom is 0.234 e. The molecule has 1 amide bonds. The Morgan fingerprint density at radius 3 is 2.91 bits per heavy atom. The molecule has 5 nitrogen and oxygen atoms in total. The summed E-state index contributed by atoms with van der Waals surface area (Å²) in [6.45, 7) is 3.48. The second kappa shape index (κ2) is 7.54. The molecule has 0 spiro atoms. The Morgan fingerprint density at radius 2 is 2.23 bits per heavy atom. The SMILES string of the molecule is COCCN(Cc1ccc(Cl)c2cccnc12)C(C)C(N)=O. The maximum absolute atomic E-state index is 11.5. The summed E-state index contributed by atoms with van der Waals surface area (Å²) < 4.78 is 5.12. The van der Waals surface area contributed by atoms with Gasteiger partial charge in [0.25, 0.3) is 0 Å². The number of halogens is 1. The Kier molecular flexibility index (Phi) is 5.71. The number of primary amides is 1. The maximum atomic E-state index is 11.5. The van der Waals surface area contributed by atoms with Crippen molar-refractivity contribution in [1.82, 2.24) is 9.88 Å². The lowest BCUT2D eigenvalue weighted by Gasteiger charge is -2.27. The van der Waals surface area contributed by atoms with Gasteiger partial charge in [-0.2, -0.15) is 0 Å². The van der Waals surface area contributed by atoms with Crippen LogP contribution in [0.5, 0.6) is 0 Å². The number of nitrogens with two attached hydrogens (primary N) is 1. The molecule has 1 aromatic carbocycles. The Balaban J connectivity index is 2.33. The van der Waals surface area contributed by atoms with Crippen molar-refractivity contribution < 1.29 is 9.53 Å². The van der Waals surface area contributed by atoms with Gasteiger partial charge < -0.3 is 10.5 Å². The van der Waals surface area contributed by atoms with Crippen LogP contribution in [-0.2, 0) is 16.1 Å². The van der Waals surface area contributed by atoms with E-state index in [1.54, 1.807) is 20.2 Å². The third-order valence-electron chi connectivity index (χ3n) is 3.72. The number of pyridine rings is 1. The number of amides is 1. The molecule has 0 saturated heterocycles. The van der Waals surface area contributed by atoms with Crippen LogP contribution in [-0.4, -0.2) is 42.1 Å². The summed E-state index contributed by atoms with van der Waals surface area (Å²) >= 11 is 6.21. The fraction of sp³-hybridized carbons (Fsp3) is 0.375. The summed E-state index contributed by atoms with van der Waals surface area (Å²) in [5.74, 6) is -0.359. The monoisotopic (exact) mass is 321 g/mol. The zero-order chi connectivity index (χ0) is 16.1. The third-order valence-corrected chi connectivity index (χ3v) is 4.05. The fourth-order valence-electron chi connectivity index (χ4n) is 2.34. The van der Waals surface area contributed by atoms with Crippen LogP contribution in [0.1, 0.15) is 12.5 Å². The van der Waals surface area contributed by atoms with Gasteiger partial charge in [0, 0.05) is 36.8 Å².